The third-order valence-electron chi connectivity index (χ3n) is 6.60. The number of rotatable bonds is 9. The Morgan fingerprint density at radius 1 is 1.16 bits per heavy atom. The fourth-order valence-corrected chi connectivity index (χ4v) is 5.70. The number of hydrogen-bond donors (Lipinski definition) is 2. The first-order valence-electron chi connectivity index (χ1n) is 11.3. The van der Waals surface area contributed by atoms with Crippen molar-refractivity contribution < 1.29 is 22.7 Å². The molecule has 0 aromatic heterocycles. The van der Waals surface area contributed by atoms with Crippen LogP contribution in [0.2, 0.25) is 0 Å². The number of carbonyl (C=O) groups excluding carboxylic acids is 1. The van der Waals surface area contributed by atoms with Crippen LogP contribution in [0.4, 0.5) is 0 Å². The summed E-state index contributed by atoms with van der Waals surface area (Å²) in [4.78, 5) is 10.8. The SMILES string of the molecule is Cc1ccc(OCC=O)c([C@H]2CC[C@@H](OC[C@@H]3NCCC[C@@H]3NS(C)(=O)=O)CC2)c1C. The van der Waals surface area contributed by atoms with Crippen LogP contribution in [0, 0.1) is 13.8 Å². The van der Waals surface area contributed by atoms with Crippen molar-refractivity contribution in [2.45, 2.75) is 76.5 Å². The second-order valence-electron chi connectivity index (χ2n) is 8.90. The van der Waals surface area contributed by atoms with Crippen LogP contribution in [0.5, 0.6) is 5.75 Å². The minimum absolute atomic E-state index is 0.00330. The Morgan fingerprint density at radius 3 is 2.58 bits per heavy atom. The van der Waals surface area contributed by atoms with Crippen LogP contribution in [0.25, 0.3) is 0 Å². The summed E-state index contributed by atoms with van der Waals surface area (Å²) >= 11 is 0. The number of hydrogen-bond acceptors (Lipinski definition) is 6. The average Bonchev–Trinajstić information content (AvgIpc) is 2.73. The third-order valence-corrected chi connectivity index (χ3v) is 7.33. The van der Waals surface area contributed by atoms with Gasteiger partial charge in [0.1, 0.15) is 12.4 Å². The molecule has 2 N–H and O–H groups in total. The summed E-state index contributed by atoms with van der Waals surface area (Å²) in [6, 6.07) is 3.91. The van der Waals surface area contributed by atoms with Crippen molar-refractivity contribution in [3.63, 3.8) is 0 Å². The fraction of sp³-hybridized carbons (Fsp3) is 0.696. The van der Waals surface area contributed by atoms with Gasteiger partial charge in [-0.15, -0.1) is 0 Å². The Balaban J connectivity index is 1.56. The van der Waals surface area contributed by atoms with Crippen LogP contribution in [-0.2, 0) is 19.6 Å². The van der Waals surface area contributed by atoms with E-state index in [1.165, 1.54) is 22.9 Å². The molecular formula is C23H36N2O5S. The van der Waals surface area contributed by atoms with E-state index in [9.17, 15) is 13.2 Å². The van der Waals surface area contributed by atoms with Crippen LogP contribution in [0.15, 0.2) is 12.1 Å². The minimum Gasteiger partial charge on any atom is -0.486 e. The second-order valence-corrected chi connectivity index (χ2v) is 10.7. The van der Waals surface area contributed by atoms with Gasteiger partial charge in [0, 0.05) is 17.6 Å². The molecule has 7 nitrogen and oxygen atoms in total. The molecule has 3 rings (SSSR count). The highest BCUT2D eigenvalue weighted by molar-refractivity contribution is 7.88. The molecule has 1 aromatic carbocycles. The Kier molecular flexibility index (Phi) is 8.50. The molecule has 0 bridgehead atoms. The lowest BCUT2D eigenvalue weighted by Gasteiger charge is -2.35. The van der Waals surface area contributed by atoms with Crippen molar-refractivity contribution in [1.82, 2.24) is 10.0 Å². The second kappa shape index (κ2) is 10.9. The van der Waals surface area contributed by atoms with Gasteiger partial charge in [-0.1, -0.05) is 6.07 Å². The molecule has 2 atom stereocenters. The maximum Gasteiger partial charge on any atom is 0.209 e. The summed E-state index contributed by atoms with van der Waals surface area (Å²) in [5.41, 5.74) is 3.71. The van der Waals surface area contributed by atoms with Crippen LogP contribution >= 0.6 is 0 Å². The van der Waals surface area contributed by atoms with E-state index >= 15 is 0 Å². The molecule has 2 aliphatic rings. The molecule has 0 radical (unpaired) electrons. The monoisotopic (exact) mass is 452 g/mol. The van der Waals surface area contributed by atoms with E-state index in [0.717, 1.165) is 57.1 Å². The van der Waals surface area contributed by atoms with Gasteiger partial charge in [0.05, 0.1) is 19.0 Å². The number of carbonyl (C=O) groups is 1. The zero-order valence-corrected chi connectivity index (χ0v) is 19.7. The van der Waals surface area contributed by atoms with Gasteiger partial charge in [-0.05, 0) is 82.0 Å². The van der Waals surface area contributed by atoms with Crippen LogP contribution in [0.1, 0.15) is 61.1 Å². The van der Waals surface area contributed by atoms with E-state index in [4.69, 9.17) is 9.47 Å². The molecule has 0 amide bonds. The molecule has 8 heteroatoms. The van der Waals surface area contributed by atoms with E-state index in [-0.39, 0.29) is 24.8 Å². The maximum absolute atomic E-state index is 11.7. The van der Waals surface area contributed by atoms with Gasteiger partial charge in [0.15, 0.2) is 6.29 Å². The van der Waals surface area contributed by atoms with E-state index in [0.29, 0.717) is 12.5 Å². The number of aryl methyl sites for hydroxylation is 1. The molecule has 0 unspecified atom stereocenters. The first kappa shape index (κ1) is 24.2. The summed E-state index contributed by atoms with van der Waals surface area (Å²) in [7, 11) is -3.24. The number of piperidine rings is 1. The van der Waals surface area contributed by atoms with E-state index in [2.05, 4.69) is 23.9 Å². The molecule has 1 aliphatic carbocycles. The molecule has 1 saturated carbocycles. The number of nitrogens with one attached hydrogen (secondary N) is 2. The molecule has 1 heterocycles. The molecule has 2 fully saturated rings. The highest BCUT2D eigenvalue weighted by Gasteiger charge is 2.30. The van der Waals surface area contributed by atoms with Crippen LogP contribution < -0.4 is 14.8 Å². The molecule has 1 saturated heterocycles. The van der Waals surface area contributed by atoms with Gasteiger partial charge >= 0.3 is 0 Å². The normalized spacial score (nSPS) is 27.1. The van der Waals surface area contributed by atoms with Crippen LogP contribution in [0.3, 0.4) is 0 Å². The largest absolute Gasteiger partial charge is 0.486 e. The maximum atomic E-state index is 11.7. The highest BCUT2D eigenvalue weighted by atomic mass is 32.2. The lowest BCUT2D eigenvalue weighted by atomic mass is 9.80. The van der Waals surface area contributed by atoms with Crippen molar-refractivity contribution in [2.24, 2.45) is 0 Å². The predicted molar refractivity (Wildman–Crippen MR) is 121 cm³/mol. The third kappa shape index (κ3) is 6.75. The lowest BCUT2D eigenvalue weighted by molar-refractivity contribution is -0.109. The summed E-state index contributed by atoms with van der Waals surface area (Å²) in [5.74, 6) is 1.22. The Bertz CT molecular complexity index is 850. The Labute approximate surface area is 186 Å². The highest BCUT2D eigenvalue weighted by Crippen LogP contribution is 2.41. The Hall–Kier alpha value is -1.48. The molecule has 1 aliphatic heterocycles. The standard InChI is InChI=1S/C23H36N2O5S/c1-16-6-11-22(29-14-13-26)23(17(16)2)18-7-9-19(10-8-18)30-15-21-20(5-4-12-24-21)25-31(3,27)28/h6,11,13,18-21,24-25H,4-5,7-10,12,14-15H2,1-3H3/t18-,19+,20-,21-/m0/s1. The lowest BCUT2D eigenvalue weighted by Crippen LogP contribution is -2.55. The summed E-state index contributed by atoms with van der Waals surface area (Å²) in [5, 5.41) is 3.41. The number of ether oxygens (including phenoxy) is 2. The van der Waals surface area contributed by atoms with Crippen molar-refractivity contribution in [2.75, 3.05) is 26.0 Å². The molecule has 0 spiro atoms. The fourth-order valence-electron chi connectivity index (χ4n) is 4.87. The van der Waals surface area contributed by atoms with Crippen molar-refractivity contribution >= 4 is 16.3 Å². The molecule has 31 heavy (non-hydrogen) atoms. The molecular weight excluding hydrogens is 416 g/mol. The predicted octanol–water partition coefficient (Wildman–Crippen LogP) is 2.59. The average molecular weight is 453 g/mol. The van der Waals surface area contributed by atoms with Crippen molar-refractivity contribution in [3.8, 4) is 5.75 Å². The molecule has 1 aromatic rings. The van der Waals surface area contributed by atoms with Gasteiger partial charge in [-0.2, -0.15) is 0 Å². The summed E-state index contributed by atoms with van der Waals surface area (Å²) in [6.07, 6.45) is 7.91. The minimum atomic E-state index is -3.24. The topological polar surface area (TPSA) is 93.7 Å². The van der Waals surface area contributed by atoms with Gasteiger partial charge in [0.2, 0.25) is 10.0 Å². The Morgan fingerprint density at radius 2 is 1.90 bits per heavy atom. The first-order valence-corrected chi connectivity index (χ1v) is 13.2. The van der Waals surface area contributed by atoms with Crippen LogP contribution in [-0.4, -0.2) is 58.9 Å². The van der Waals surface area contributed by atoms with Gasteiger partial charge in [-0.25, -0.2) is 13.1 Å². The number of sulfonamides is 1. The van der Waals surface area contributed by atoms with Crippen molar-refractivity contribution in [1.29, 1.82) is 0 Å². The van der Waals surface area contributed by atoms with E-state index in [1.54, 1.807) is 0 Å². The zero-order chi connectivity index (χ0) is 22.4. The zero-order valence-electron chi connectivity index (χ0n) is 18.9. The number of benzene rings is 1. The summed E-state index contributed by atoms with van der Waals surface area (Å²) in [6.45, 7) is 5.71. The van der Waals surface area contributed by atoms with Gasteiger partial charge in [0.25, 0.3) is 0 Å². The van der Waals surface area contributed by atoms with Gasteiger partial charge in [-0.3, -0.25) is 4.79 Å². The van der Waals surface area contributed by atoms with Gasteiger partial charge < -0.3 is 14.8 Å². The quantitative estimate of drug-likeness (QED) is 0.560. The molecule has 174 valence electrons. The van der Waals surface area contributed by atoms with E-state index < -0.39 is 10.0 Å². The smallest absolute Gasteiger partial charge is 0.209 e. The first-order chi connectivity index (χ1) is 14.8. The van der Waals surface area contributed by atoms with E-state index in [1.807, 2.05) is 12.1 Å². The summed E-state index contributed by atoms with van der Waals surface area (Å²) < 4.78 is 38.0. The number of aldehydes is 1. The van der Waals surface area contributed by atoms with Crippen molar-refractivity contribution in [3.05, 3.63) is 28.8 Å².